The first-order valence-electron chi connectivity index (χ1n) is 5.37. The van der Waals surface area contributed by atoms with E-state index in [1.807, 2.05) is 32.7 Å². The van der Waals surface area contributed by atoms with E-state index in [2.05, 4.69) is 11.4 Å². The minimum atomic E-state index is -0.457. The number of alkyl carbamates (subject to hydrolysis) is 1. The van der Waals surface area contributed by atoms with Crippen LogP contribution in [0.1, 0.15) is 27.2 Å². The largest absolute Gasteiger partial charge is 0.444 e. The molecule has 0 aromatic carbocycles. The highest BCUT2D eigenvalue weighted by atomic mass is 16.6. The van der Waals surface area contributed by atoms with Crippen molar-refractivity contribution >= 4 is 6.09 Å². The molecule has 1 amide bonds. The molecule has 0 aromatic rings. The van der Waals surface area contributed by atoms with Gasteiger partial charge in [0.1, 0.15) is 5.60 Å². The number of carbonyl (C=O) groups excluding carboxylic acids is 1. The predicted octanol–water partition coefficient (Wildman–Crippen LogP) is 1.36. The quantitative estimate of drug-likeness (QED) is 0.569. The van der Waals surface area contributed by atoms with E-state index in [0.717, 1.165) is 13.0 Å². The van der Waals surface area contributed by atoms with Gasteiger partial charge in [0.15, 0.2) is 0 Å². The average Bonchev–Trinajstić information content (AvgIpc) is 2.10. The Morgan fingerprint density at radius 3 is 2.62 bits per heavy atom. The molecule has 0 saturated carbocycles. The number of carbonyl (C=O) groups is 1. The van der Waals surface area contributed by atoms with E-state index in [1.54, 1.807) is 0 Å². The molecule has 16 heavy (non-hydrogen) atoms. The zero-order chi connectivity index (χ0) is 12.6. The van der Waals surface area contributed by atoms with Crippen molar-refractivity contribution in [2.24, 2.45) is 0 Å². The van der Waals surface area contributed by atoms with Crippen molar-refractivity contribution in [1.82, 2.24) is 10.2 Å². The summed E-state index contributed by atoms with van der Waals surface area (Å²) in [5, 5.41) is 11.1. The summed E-state index contributed by atoms with van der Waals surface area (Å²) in [4.78, 5) is 13.1. The Kier molecular flexibility index (Phi) is 6.50. The molecule has 92 valence electrons. The third-order valence-corrected chi connectivity index (χ3v) is 1.73. The number of hydrogen-bond donors (Lipinski definition) is 1. The van der Waals surface area contributed by atoms with Gasteiger partial charge in [0.2, 0.25) is 0 Å². The number of nitrogens with zero attached hydrogens (tertiary/aromatic N) is 2. The molecule has 5 heteroatoms. The predicted molar refractivity (Wildman–Crippen MR) is 62.0 cm³/mol. The van der Waals surface area contributed by atoms with Crippen LogP contribution in [0.2, 0.25) is 0 Å². The minimum absolute atomic E-state index is 0.393. The van der Waals surface area contributed by atoms with Crippen LogP contribution in [0.25, 0.3) is 0 Å². The van der Waals surface area contributed by atoms with Gasteiger partial charge < -0.3 is 10.1 Å². The zero-order valence-electron chi connectivity index (χ0n) is 10.5. The maximum atomic E-state index is 11.2. The van der Waals surface area contributed by atoms with Crippen molar-refractivity contribution in [3.8, 4) is 6.07 Å². The monoisotopic (exact) mass is 227 g/mol. The summed E-state index contributed by atoms with van der Waals surface area (Å²) in [5.41, 5.74) is -0.457. The van der Waals surface area contributed by atoms with Gasteiger partial charge in [-0.3, -0.25) is 4.90 Å². The highest BCUT2D eigenvalue weighted by molar-refractivity contribution is 5.67. The SMILES string of the molecule is CN(CC#N)CCCNC(=O)OC(C)(C)C. The molecule has 0 fully saturated rings. The van der Waals surface area contributed by atoms with E-state index in [0.29, 0.717) is 13.1 Å². The lowest BCUT2D eigenvalue weighted by Crippen LogP contribution is -2.34. The van der Waals surface area contributed by atoms with Gasteiger partial charge in [-0.1, -0.05) is 0 Å². The summed E-state index contributed by atoms with van der Waals surface area (Å²) < 4.78 is 5.08. The van der Waals surface area contributed by atoms with Crippen molar-refractivity contribution in [3.05, 3.63) is 0 Å². The van der Waals surface area contributed by atoms with Gasteiger partial charge >= 0.3 is 6.09 Å². The maximum absolute atomic E-state index is 11.2. The van der Waals surface area contributed by atoms with Gasteiger partial charge in [-0.15, -0.1) is 0 Å². The van der Waals surface area contributed by atoms with E-state index in [4.69, 9.17) is 10.00 Å². The number of rotatable bonds is 5. The molecule has 0 bridgehead atoms. The van der Waals surface area contributed by atoms with Crippen molar-refractivity contribution < 1.29 is 9.53 Å². The topological polar surface area (TPSA) is 65.4 Å². The molecular weight excluding hydrogens is 206 g/mol. The van der Waals surface area contributed by atoms with Crippen LogP contribution in [0.4, 0.5) is 4.79 Å². The van der Waals surface area contributed by atoms with Gasteiger partial charge in [0, 0.05) is 13.1 Å². The third kappa shape index (κ3) is 9.28. The number of nitriles is 1. The summed E-state index contributed by atoms with van der Waals surface area (Å²) in [6.45, 7) is 7.23. The molecule has 0 heterocycles. The molecule has 0 saturated heterocycles. The second kappa shape index (κ2) is 7.07. The number of hydrogen-bond acceptors (Lipinski definition) is 4. The van der Waals surface area contributed by atoms with Crippen LogP contribution in [0.3, 0.4) is 0 Å². The van der Waals surface area contributed by atoms with Crippen molar-refractivity contribution in [3.63, 3.8) is 0 Å². The molecule has 0 radical (unpaired) electrons. The molecule has 0 aliphatic carbocycles. The average molecular weight is 227 g/mol. The molecule has 0 aromatic heterocycles. The van der Waals surface area contributed by atoms with Crippen LogP contribution in [-0.2, 0) is 4.74 Å². The van der Waals surface area contributed by atoms with Crippen molar-refractivity contribution in [2.45, 2.75) is 32.8 Å². The Morgan fingerprint density at radius 1 is 1.50 bits per heavy atom. The highest BCUT2D eigenvalue weighted by Gasteiger charge is 2.15. The van der Waals surface area contributed by atoms with E-state index < -0.39 is 11.7 Å². The number of amides is 1. The fraction of sp³-hybridized carbons (Fsp3) is 0.818. The molecule has 0 aliphatic heterocycles. The van der Waals surface area contributed by atoms with Crippen LogP contribution >= 0.6 is 0 Å². The van der Waals surface area contributed by atoms with Crippen LogP contribution in [0.5, 0.6) is 0 Å². The fourth-order valence-corrected chi connectivity index (χ4v) is 1.05. The first-order chi connectivity index (χ1) is 7.35. The highest BCUT2D eigenvalue weighted by Crippen LogP contribution is 2.06. The lowest BCUT2D eigenvalue weighted by atomic mass is 10.2. The first kappa shape index (κ1) is 14.7. The van der Waals surface area contributed by atoms with Gasteiger partial charge in [0.25, 0.3) is 0 Å². The Bertz CT molecular complexity index is 253. The van der Waals surface area contributed by atoms with Gasteiger partial charge in [-0.25, -0.2) is 4.79 Å². The minimum Gasteiger partial charge on any atom is -0.444 e. The Hall–Kier alpha value is -1.28. The molecule has 0 rings (SSSR count). The van der Waals surface area contributed by atoms with E-state index in [1.165, 1.54) is 0 Å². The maximum Gasteiger partial charge on any atom is 0.407 e. The van der Waals surface area contributed by atoms with Crippen LogP contribution in [0.15, 0.2) is 0 Å². The zero-order valence-corrected chi connectivity index (χ0v) is 10.5. The van der Waals surface area contributed by atoms with Gasteiger partial charge in [-0.2, -0.15) is 5.26 Å². The summed E-state index contributed by atoms with van der Waals surface area (Å²) in [6, 6.07) is 2.06. The number of ether oxygens (including phenoxy) is 1. The van der Waals surface area contributed by atoms with E-state index in [9.17, 15) is 4.79 Å². The summed E-state index contributed by atoms with van der Waals surface area (Å²) in [7, 11) is 1.87. The Balaban J connectivity index is 3.53. The standard InChI is InChI=1S/C11H21N3O2/c1-11(2,3)16-10(15)13-7-5-8-14(4)9-6-12/h5,7-9H2,1-4H3,(H,13,15). The molecule has 0 aliphatic rings. The summed E-state index contributed by atoms with van der Waals surface area (Å²) >= 11 is 0. The lowest BCUT2D eigenvalue weighted by Gasteiger charge is -2.20. The first-order valence-corrected chi connectivity index (χ1v) is 5.37. The molecular formula is C11H21N3O2. The second-order valence-electron chi connectivity index (χ2n) is 4.68. The third-order valence-electron chi connectivity index (χ3n) is 1.73. The van der Waals surface area contributed by atoms with Crippen LogP contribution in [0, 0.1) is 11.3 Å². The smallest absolute Gasteiger partial charge is 0.407 e. The van der Waals surface area contributed by atoms with Crippen molar-refractivity contribution in [1.29, 1.82) is 5.26 Å². The van der Waals surface area contributed by atoms with Gasteiger partial charge in [0.05, 0.1) is 12.6 Å². The molecule has 0 atom stereocenters. The lowest BCUT2D eigenvalue weighted by molar-refractivity contribution is 0.0526. The molecule has 5 nitrogen and oxygen atoms in total. The summed E-state index contributed by atoms with van der Waals surface area (Å²) in [6.07, 6.45) is 0.410. The van der Waals surface area contributed by atoms with E-state index >= 15 is 0 Å². The fourth-order valence-electron chi connectivity index (χ4n) is 1.05. The summed E-state index contributed by atoms with van der Waals surface area (Å²) in [5.74, 6) is 0. The van der Waals surface area contributed by atoms with Crippen molar-refractivity contribution in [2.75, 3.05) is 26.7 Å². The Labute approximate surface area is 97.4 Å². The second-order valence-corrected chi connectivity index (χ2v) is 4.68. The molecule has 1 N–H and O–H groups in total. The van der Waals surface area contributed by atoms with Gasteiger partial charge in [-0.05, 0) is 34.2 Å². The Morgan fingerprint density at radius 2 is 2.12 bits per heavy atom. The van der Waals surface area contributed by atoms with E-state index in [-0.39, 0.29) is 0 Å². The van der Waals surface area contributed by atoms with Crippen LogP contribution < -0.4 is 5.32 Å². The van der Waals surface area contributed by atoms with Crippen LogP contribution in [-0.4, -0.2) is 43.3 Å². The number of nitrogens with one attached hydrogen (secondary N) is 1. The normalized spacial score (nSPS) is 11.0. The molecule has 0 unspecified atom stereocenters. The molecule has 0 spiro atoms.